The normalized spacial score (nSPS) is 11.1. The molecule has 0 unspecified atom stereocenters. The molecule has 0 bridgehead atoms. The molecular formula is C15H14F2N2O3S2. The van der Waals surface area contributed by atoms with E-state index in [0.29, 0.717) is 17.5 Å². The zero-order chi connectivity index (χ0) is 17.7. The zero-order valence-corrected chi connectivity index (χ0v) is 14.2. The van der Waals surface area contributed by atoms with Gasteiger partial charge in [-0.05, 0) is 48.7 Å². The van der Waals surface area contributed by atoms with Crippen molar-refractivity contribution in [3.8, 4) is 0 Å². The van der Waals surface area contributed by atoms with E-state index in [2.05, 4.69) is 10.0 Å². The lowest BCUT2D eigenvalue weighted by molar-refractivity contribution is -0.113. The standard InChI is InChI=1S/C15H14F2N2O3S2/c1-23-9-15(20)18-10-2-4-11(5-3-10)19-24(21,22)12-6-7-13(16)14(17)8-12/h2-8,19H,9H2,1H3,(H,18,20). The van der Waals surface area contributed by atoms with E-state index < -0.39 is 26.6 Å². The molecule has 0 saturated carbocycles. The third kappa shape index (κ3) is 4.68. The number of sulfonamides is 1. The molecule has 9 heteroatoms. The molecule has 0 aromatic heterocycles. The maximum absolute atomic E-state index is 13.2. The fourth-order valence-corrected chi connectivity index (χ4v) is 3.21. The molecule has 5 nitrogen and oxygen atoms in total. The molecule has 0 spiro atoms. The molecule has 2 aromatic rings. The highest BCUT2D eigenvalue weighted by Crippen LogP contribution is 2.20. The fraction of sp³-hybridized carbons (Fsp3) is 0.133. The largest absolute Gasteiger partial charge is 0.325 e. The molecule has 2 N–H and O–H groups in total. The summed E-state index contributed by atoms with van der Waals surface area (Å²) in [5.74, 6) is -2.23. The average Bonchev–Trinajstić information content (AvgIpc) is 2.52. The third-order valence-corrected chi connectivity index (χ3v) is 4.83. The fourth-order valence-electron chi connectivity index (χ4n) is 1.81. The second kappa shape index (κ2) is 7.63. The summed E-state index contributed by atoms with van der Waals surface area (Å²) < 4.78 is 52.6. The molecule has 0 aliphatic heterocycles. The van der Waals surface area contributed by atoms with E-state index in [1.807, 2.05) is 0 Å². The van der Waals surface area contributed by atoms with Crippen molar-refractivity contribution in [2.45, 2.75) is 4.90 Å². The molecule has 0 fully saturated rings. The molecule has 1 amide bonds. The molecule has 0 atom stereocenters. The van der Waals surface area contributed by atoms with Gasteiger partial charge in [0.1, 0.15) is 0 Å². The lowest BCUT2D eigenvalue weighted by atomic mass is 10.3. The number of nitrogens with one attached hydrogen (secondary N) is 2. The first-order valence-corrected chi connectivity index (χ1v) is 9.56. The second-order valence-electron chi connectivity index (χ2n) is 4.74. The molecule has 2 aromatic carbocycles. The van der Waals surface area contributed by atoms with E-state index in [4.69, 9.17) is 0 Å². The number of halogens is 2. The van der Waals surface area contributed by atoms with Gasteiger partial charge >= 0.3 is 0 Å². The first-order chi connectivity index (χ1) is 11.3. The lowest BCUT2D eigenvalue weighted by Crippen LogP contribution is -2.15. The Kier molecular flexibility index (Phi) is 5.79. The van der Waals surface area contributed by atoms with Gasteiger partial charge in [0.2, 0.25) is 5.91 Å². The van der Waals surface area contributed by atoms with Gasteiger partial charge in [-0.15, -0.1) is 0 Å². The number of thioether (sulfide) groups is 1. The quantitative estimate of drug-likeness (QED) is 0.817. The average molecular weight is 372 g/mol. The van der Waals surface area contributed by atoms with Gasteiger partial charge in [-0.25, -0.2) is 17.2 Å². The number of benzene rings is 2. The molecule has 24 heavy (non-hydrogen) atoms. The Morgan fingerprint density at radius 3 is 2.25 bits per heavy atom. The minimum absolute atomic E-state index is 0.169. The number of hydrogen-bond donors (Lipinski definition) is 2. The molecule has 2 rings (SSSR count). The van der Waals surface area contributed by atoms with Crippen molar-refractivity contribution in [3.05, 3.63) is 54.1 Å². The van der Waals surface area contributed by atoms with E-state index in [1.165, 1.54) is 36.0 Å². The number of anilines is 2. The van der Waals surface area contributed by atoms with Crippen molar-refractivity contribution in [2.75, 3.05) is 22.0 Å². The summed E-state index contributed by atoms with van der Waals surface area (Å²) in [6.45, 7) is 0. The second-order valence-corrected chi connectivity index (χ2v) is 7.29. The molecular weight excluding hydrogens is 358 g/mol. The first kappa shape index (κ1) is 18.2. The zero-order valence-electron chi connectivity index (χ0n) is 12.5. The van der Waals surface area contributed by atoms with E-state index >= 15 is 0 Å². The topological polar surface area (TPSA) is 75.3 Å². The van der Waals surface area contributed by atoms with Crippen LogP contribution in [0.4, 0.5) is 20.2 Å². The summed E-state index contributed by atoms with van der Waals surface area (Å²) in [6.07, 6.45) is 1.80. The Balaban J connectivity index is 2.12. The van der Waals surface area contributed by atoms with Crippen molar-refractivity contribution < 1.29 is 22.0 Å². The summed E-state index contributed by atoms with van der Waals surface area (Å²) in [5, 5.41) is 2.65. The van der Waals surface area contributed by atoms with E-state index in [-0.39, 0.29) is 11.6 Å². The van der Waals surface area contributed by atoms with Gasteiger partial charge in [0, 0.05) is 11.4 Å². The van der Waals surface area contributed by atoms with Gasteiger partial charge < -0.3 is 5.32 Å². The summed E-state index contributed by atoms with van der Waals surface area (Å²) >= 11 is 1.38. The van der Waals surface area contributed by atoms with Crippen molar-refractivity contribution in [1.82, 2.24) is 0 Å². The summed E-state index contributed by atoms with van der Waals surface area (Å²) in [7, 11) is -4.04. The summed E-state index contributed by atoms with van der Waals surface area (Å²) in [4.78, 5) is 11.1. The van der Waals surface area contributed by atoms with Crippen LogP contribution < -0.4 is 10.0 Å². The number of rotatable bonds is 6. The minimum Gasteiger partial charge on any atom is -0.325 e. The number of carbonyl (C=O) groups is 1. The Morgan fingerprint density at radius 2 is 1.67 bits per heavy atom. The van der Waals surface area contributed by atoms with Crippen molar-refractivity contribution in [3.63, 3.8) is 0 Å². The van der Waals surface area contributed by atoms with Crippen LogP contribution in [0.1, 0.15) is 0 Å². The molecule has 0 heterocycles. The molecule has 0 radical (unpaired) electrons. The highest BCUT2D eigenvalue weighted by Gasteiger charge is 2.16. The summed E-state index contributed by atoms with van der Waals surface area (Å²) in [5.41, 5.74) is 0.743. The minimum atomic E-state index is -4.04. The highest BCUT2D eigenvalue weighted by atomic mass is 32.2. The van der Waals surface area contributed by atoms with Gasteiger partial charge in [0.05, 0.1) is 10.6 Å². The number of hydrogen-bond acceptors (Lipinski definition) is 4. The van der Waals surface area contributed by atoms with E-state index in [0.717, 1.165) is 12.1 Å². The van der Waals surface area contributed by atoms with Crippen LogP contribution in [0.3, 0.4) is 0 Å². The van der Waals surface area contributed by atoms with Crippen LogP contribution in [0, 0.1) is 11.6 Å². The smallest absolute Gasteiger partial charge is 0.261 e. The SMILES string of the molecule is CSCC(=O)Nc1ccc(NS(=O)(=O)c2ccc(F)c(F)c2)cc1. The van der Waals surface area contributed by atoms with Crippen molar-refractivity contribution >= 4 is 39.1 Å². The van der Waals surface area contributed by atoms with E-state index in [1.54, 1.807) is 6.26 Å². The van der Waals surface area contributed by atoms with Gasteiger partial charge in [-0.1, -0.05) is 0 Å². The van der Waals surface area contributed by atoms with Crippen LogP contribution in [0.5, 0.6) is 0 Å². The van der Waals surface area contributed by atoms with Gasteiger partial charge in [-0.2, -0.15) is 11.8 Å². The van der Waals surface area contributed by atoms with Gasteiger partial charge in [0.15, 0.2) is 11.6 Å². The van der Waals surface area contributed by atoms with Gasteiger partial charge in [0.25, 0.3) is 10.0 Å². The van der Waals surface area contributed by atoms with Crippen LogP contribution in [0.15, 0.2) is 47.4 Å². The number of amides is 1. The Bertz CT molecular complexity index is 840. The van der Waals surface area contributed by atoms with Gasteiger partial charge in [-0.3, -0.25) is 9.52 Å². The monoisotopic (exact) mass is 372 g/mol. The predicted octanol–water partition coefficient (Wildman–Crippen LogP) is 3.07. The molecule has 0 aliphatic rings. The molecule has 0 saturated heterocycles. The van der Waals surface area contributed by atoms with Crippen LogP contribution in [0.25, 0.3) is 0 Å². The molecule has 0 aliphatic carbocycles. The first-order valence-electron chi connectivity index (χ1n) is 6.68. The lowest BCUT2D eigenvalue weighted by Gasteiger charge is -2.10. The Labute approximate surface area is 142 Å². The summed E-state index contributed by atoms with van der Waals surface area (Å²) in [6, 6.07) is 8.28. The Morgan fingerprint density at radius 1 is 1.04 bits per heavy atom. The highest BCUT2D eigenvalue weighted by molar-refractivity contribution is 7.99. The van der Waals surface area contributed by atoms with Crippen LogP contribution in [0.2, 0.25) is 0 Å². The van der Waals surface area contributed by atoms with Crippen LogP contribution >= 0.6 is 11.8 Å². The van der Waals surface area contributed by atoms with Crippen LogP contribution in [-0.2, 0) is 14.8 Å². The Hall–Kier alpha value is -2.13. The maximum Gasteiger partial charge on any atom is 0.261 e. The van der Waals surface area contributed by atoms with Crippen molar-refractivity contribution in [1.29, 1.82) is 0 Å². The molecule has 128 valence electrons. The third-order valence-electron chi connectivity index (χ3n) is 2.90. The van der Waals surface area contributed by atoms with E-state index in [9.17, 15) is 22.0 Å². The number of carbonyl (C=O) groups excluding carboxylic acids is 1. The predicted molar refractivity (Wildman–Crippen MR) is 90.6 cm³/mol. The van der Waals surface area contributed by atoms with Crippen LogP contribution in [-0.4, -0.2) is 26.3 Å². The maximum atomic E-state index is 13.2. The van der Waals surface area contributed by atoms with Crippen molar-refractivity contribution in [2.24, 2.45) is 0 Å².